The molecule has 0 bridgehead atoms. The maximum Gasteiger partial charge on any atom is 0.251 e. The minimum atomic E-state index is -0.631. The van der Waals surface area contributed by atoms with E-state index in [1.165, 1.54) is 22.3 Å². The number of allylic oxidation sites excluding steroid dienone is 3. The minimum Gasteiger partial charge on any atom is -0.349 e. The van der Waals surface area contributed by atoms with Gasteiger partial charge in [-0.25, -0.2) is 0 Å². The summed E-state index contributed by atoms with van der Waals surface area (Å²) >= 11 is -0.0907. The number of alkyl halides is 1. The standard InChI is InChI=1S/C30H31IN2O2/c1-29-18-22-19-31-27(21-8-3-2-4-9-21)26(22)17-23(29)14-16-30(29,33-35)15-13-20-7-5-6-10-25(20)28(34)32-24-11-12-24/h2-10,17,19,24,27H,11-16,18H2,1H3,(H,32,34). The number of hydrogen-bond donors (Lipinski definition) is 1. The summed E-state index contributed by atoms with van der Waals surface area (Å²) in [6.45, 7) is 2.27. The van der Waals surface area contributed by atoms with Crippen LogP contribution in [0, 0.1) is 10.3 Å². The molecule has 1 amide bonds. The molecule has 0 aromatic heterocycles. The number of nitroso groups, excluding NO2 is 1. The van der Waals surface area contributed by atoms with E-state index in [1.807, 2.05) is 24.3 Å². The van der Waals surface area contributed by atoms with Crippen molar-refractivity contribution in [3.8, 4) is 0 Å². The number of hydrogen-bond acceptors (Lipinski definition) is 3. The van der Waals surface area contributed by atoms with E-state index in [0.717, 1.165) is 43.2 Å². The Kier molecular flexibility index (Phi) is 5.86. The van der Waals surface area contributed by atoms with E-state index >= 15 is 0 Å². The normalized spacial score (nSPS) is 29.2. The molecule has 5 heteroatoms. The van der Waals surface area contributed by atoms with Gasteiger partial charge in [0.1, 0.15) is 5.54 Å². The lowest BCUT2D eigenvalue weighted by Crippen LogP contribution is -2.42. The molecule has 35 heavy (non-hydrogen) atoms. The first kappa shape index (κ1) is 23.0. The average molecular weight is 578 g/mol. The highest BCUT2D eigenvalue weighted by atomic mass is 127. The summed E-state index contributed by atoms with van der Waals surface area (Å²) in [6.07, 6.45) is 8.58. The number of nitrogens with one attached hydrogen (secondary N) is 1. The highest BCUT2D eigenvalue weighted by molar-refractivity contribution is 14.2. The molecule has 3 unspecified atom stereocenters. The molecule has 2 aromatic rings. The number of carbonyl (C=O) groups is 1. The molecule has 1 aliphatic heterocycles. The molecule has 3 atom stereocenters. The van der Waals surface area contributed by atoms with Gasteiger partial charge in [-0.1, -0.05) is 72.3 Å². The summed E-state index contributed by atoms with van der Waals surface area (Å²) < 4.78 is 3.02. The number of benzene rings is 2. The van der Waals surface area contributed by atoms with Crippen molar-refractivity contribution in [3.05, 3.63) is 99.0 Å². The van der Waals surface area contributed by atoms with Gasteiger partial charge in [-0.15, -0.1) is 20.7 Å². The van der Waals surface area contributed by atoms with E-state index in [2.05, 4.69) is 57.8 Å². The van der Waals surface area contributed by atoms with Crippen molar-refractivity contribution in [2.45, 2.75) is 67.4 Å². The number of nitrogens with zero attached hydrogens (tertiary/aromatic N) is 1. The van der Waals surface area contributed by atoms with Crippen molar-refractivity contribution in [3.63, 3.8) is 0 Å². The third-order valence-corrected chi connectivity index (χ3v) is 11.9. The van der Waals surface area contributed by atoms with Gasteiger partial charge in [-0.05, 0) is 77.3 Å². The fourth-order valence-corrected chi connectivity index (χ4v) is 9.44. The number of fused-ring (bicyclic) bond motifs is 1. The third kappa shape index (κ3) is 3.96. The summed E-state index contributed by atoms with van der Waals surface area (Å²) in [7, 11) is 0. The van der Waals surface area contributed by atoms with Gasteiger partial charge in [0, 0.05) is 17.0 Å². The Labute approximate surface area is 217 Å². The predicted octanol–water partition coefficient (Wildman–Crippen LogP) is 6.97. The van der Waals surface area contributed by atoms with Gasteiger partial charge in [0.25, 0.3) is 5.91 Å². The van der Waals surface area contributed by atoms with Crippen LogP contribution in [0.25, 0.3) is 0 Å². The van der Waals surface area contributed by atoms with Crippen LogP contribution in [0.3, 0.4) is 0 Å². The van der Waals surface area contributed by atoms with Crippen LogP contribution >= 0.6 is 20.7 Å². The maximum atomic E-state index is 12.8. The molecule has 2 fully saturated rings. The van der Waals surface area contributed by atoms with Crippen molar-refractivity contribution in [2.24, 2.45) is 10.6 Å². The number of amides is 1. The van der Waals surface area contributed by atoms with Gasteiger partial charge in [0.05, 0.1) is 3.92 Å². The average Bonchev–Trinajstić information content (AvgIpc) is 3.54. The highest BCUT2D eigenvalue weighted by Gasteiger charge is 2.57. The summed E-state index contributed by atoms with van der Waals surface area (Å²) in [5.41, 5.74) is 6.63. The molecule has 1 heterocycles. The lowest BCUT2D eigenvalue weighted by molar-refractivity contribution is 0.0949. The summed E-state index contributed by atoms with van der Waals surface area (Å²) in [5.74, 6) is 0.0123. The zero-order valence-corrected chi connectivity index (χ0v) is 22.3. The Balaban J connectivity index is 1.25. The first-order valence-electron chi connectivity index (χ1n) is 12.7. The maximum absolute atomic E-state index is 12.8. The third-order valence-electron chi connectivity index (χ3n) is 8.63. The molecule has 1 N–H and O–H groups in total. The first-order valence-corrected chi connectivity index (χ1v) is 15.2. The SMILES string of the molecule is CC12CC3=C(C=C1CCC2(CCc1ccccc1C(=O)NC1CC1)N=O)C(c1ccccc1)I=C3. The van der Waals surface area contributed by atoms with Crippen molar-refractivity contribution >= 4 is 30.6 Å². The van der Waals surface area contributed by atoms with Gasteiger partial charge in [0.2, 0.25) is 0 Å². The number of halogens is 1. The lowest BCUT2D eigenvalue weighted by atomic mass is 9.63. The Bertz CT molecular complexity index is 1280. The molecule has 2 saturated carbocycles. The number of aryl methyl sites for hydroxylation is 1. The predicted molar refractivity (Wildman–Crippen MR) is 150 cm³/mol. The summed E-state index contributed by atoms with van der Waals surface area (Å²) in [4.78, 5) is 25.4. The Morgan fingerprint density at radius 1 is 1.11 bits per heavy atom. The van der Waals surface area contributed by atoms with Gasteiger partial charge in [-0.3, -0.25) is 4.79 Å². The van der Waals surface area contributed by atoms with E-state index in [0.29, 0.717) is 22.8 Å². The van der Waals surface area contributed by atoms with Gasteiger partial charge >= 0.3 is 0 Å². The topological polar surface area (TPSA) is 58.5 Å². The van der Waals surface area contributed by atoms with Crippen molar-refractivity contribution in [2.75, 3.05) is 0 Å². The minimum absolute atomic E-state index is 0.0123. The molecule has 4 aliphatic rings. The molecular formula is C30H31IN2O2. The summed E-state index contributed by atoms with van der Waals surface area (Å²) in [5, 5.41) is 7.01. The molecule has 180 valence electrons. The smallest absolute Gasteiger partial charge is 0.251 e. The van der Waals surface area contributed by atoms with Crippen LogP contribution in [-0.2, 0) is 6.42 Å². The fraction of sp³-hybridized carbons (Fsp3) is 0.400. The molecule has 0 radical (unpaired) electrons. The Hall–Kier alpha value is -2.41. The van der Waals surface area contributed by atoms with Crippen LogP contribution in [0.4, 0.5) is 0 Å². The monoisotopic (exact) mass is 578 g/mol. The van der Waals surface area contributed by atoms with E-state index in [9.17, 15) is 9.70 Å². The fourth-order valence-electron chi connectivity index (χ4n) is 6.27. The Morgan fingerprint density at radius 3 is 2.66 bits per heavy atom. The lowest BCUT2D eigenvalue weighted by Gasteiger charge is -2.42. The molecule has 0 spiro atoms. The largest absolute Gasteiger partial charge is 0.349 e. The van der Waals surface area contributed by atoms with E-state index < -0.39 is 5.54 Å². The second-order valence-electron chi connectivity index (χ2n) is 10.7. The molecule has 0 saturated heterocycles. The highest BCUT2D eigenvalue weighted by Crippen LogP contribution is 2.62. The van der Waals surface area contributed by atoms with Crippen molar-refractivity contribution in [1.29, 1.82) is 0 Å². The van der Waals surface area contributed by atoms with Gasteiger partial charge < -0.3 is 5.32 Å². The van der Waals surface area contributed by atoms with Crippen LogP contribution < -0.4 is 5.32 Å². The van der Waals surface area contributed by atoms with Crippen molar-refractivity contribution < 1.29 is 4.79 Å². The van der Waals surface area contributed by atoms with Crippen LogP contribution in [-0.4, -0.2) is 21.5 Å². The first-order chi connectivity index (χ1) is 17.0. The second-order valence-corrected chi connectivity index (χ2v) is 13.3. The van der Waals surface area contributed by atoms with E-state index in [-0.39, 0.29) is 32.1 Å². The zero-order valence-electron chi connectivity index (χ0n) is 20.1. The van der Waals surface area contributed by atoms with E-state index in [4.69, 9.17) is 0 Å². The van der Waals surface area contributed by atoms with Gasteiger partial charge in [0.15, 0.2) is 0 Å². The molecule has 6 rings (SSSR count). The molecule has 4 nitrogen and oxygen atoms in total. The van der Waals surface area contributed by atoms with Crippen LogP contribution in [0.15, 0.2) is 82.6 Å². The quantitative estimate of drug-likeness (QED) is 0.219. The molecule has 2 aromatic carbocycles. The van der Waals surface area contributed by atoms with E-state index in [1.54, 1.807) is 0 Å². The zero-order chi connectivity index (χ0) is 24.0. The molecule has 3 aliphatic carbocycles. The molecular weight excluding hydrogens is 547 g/mol. The number of rotatable bonds is 7. The van der Waals surface area contributed by atoms with Crippen molar-refractivity contribution in [1.82, 2.24) is 5.32 Å². The van der Waals surface area contributed by atoms with Crippen LogP contribution in [0.5, 0.6) is 0 Å². The van der Waals surface area contributed by atoms with Crippen LogP contribution in [0.1, 0.15) is 70.9 Å². The number of carbonyl (C=O) groups excluding carboxylic acids is 1. The summed E-state index contributed by atoms with van der Waals surface area (Å²) in [6, 6.07) is 19.1. The van der Waals surface area contributed by atoms with Crippen LogP contribution in [0.2, 0.25) is 0 Å². The Morgan fingerprint density at radius 2 is 1.89 bits per heavy atom. The van der Waals surface area contributed by atoms with Gasteiger partial charge in [-0.2, -0.15) is 4.91 Å². The second kappa shape index (κ2) is 8.91.